The zero-order chi connectivity index (χ0) is 22.8. The number of esters is 1. The summed E-state index contributed by atoms with van der Waals surface area (Å²) in [6.07, 6.45) is 0.0261. The number of aromatic nitrogens is 1. The van der Waals surface area contributed by atoms with Crippen LogP contribution < -0.4 is 4.74 Å². The van der Waals surface area contributed by atoms with Crippen molar-refractivity contribution in [2.45, 2.75) is 52.4 Å². The van der Waals surface area contributed by atoms with Crippen LogP contribution in [-0.4, -0.2) is 41.2 Å². The van der Waals surface area contributed by atoms with Gasteiger partial charge in [0.15, 0.2) is 6.04 Å². The van der Waals surface area contributed by atoms with Gasteiger partial charge in [-0.3, -0.25) is 4.90 Å². The molecule has 0 saturated heterocycles. The molecule has 31 heavy (non-hydrogen) atoms. The molecule has 0 radical (unpaired) electrons. The second kappa shape index (κ2) is 9.14. The van der Waals surface area contributed by atoms with Crippen LogP contribution in [0.5, 0.6) is 5.75 Å². The minimum absolute atomic E-state index is 0.338. The van der Waals surface area contributed by atoms with Crippen molar-refractivity contribution in [3.8, 4) is 5.75 Å². The SMILES string of the molecule is COC(=O)[C@H]1c2ccc(OCc3cc(C)nc(Cl)c3)cc2CCN1C(=O)OC(C)(C)C. The minimum Gasteiger partial charge on any atom is -0.489 e. The van der Waals surface area contributed by atoms with Gasteiger partial charge in [-0.1, -0.05) is 17.7 Å². The number of nitrogens with zero attached hydrogens (tertiary/aromatic N) is 2. The lowest BCUT2D eigenvalue weighted by Crippen LogP contribution is -2.46. The van der Waals surface area contributed by atoms with Gasteiger partial charge in [0, 0.05) is 12.2 Å². The van der Waals surface area contributed by atoms with Gasteiger partial charge in [0.1, 0.15) is 23.1 Å². The normalized spacial score (nSPS) is 15.8. The number of carbonyl (C=O) groups excluding carboxylic acids is 2. The molecule has 1 aromatic heterocycles. The van der Waals surface area contributed by atoms with E-state index in [2.05, 4.69) is 4.98 Å². The topological polar surface area (TPSA) is 78.0 Å². The summed E-state index contributed by atoms with van der Waals surface area (Å²) < 4.78 is 16.4. The van der Waals surface area contributed by atoms with E-state index in [9.17, 15) is 9.59 Å². The third-order valence-corrected chi connectivity index (χ3v) is 4.98. The fourth-order valence-electron chi connectivity index (χ4n) is 3.52. The van der Waals surface area contributed by atoms with Crippen molar-refractivity contribution in [2.24, 2.45) is 0 Å². The number of carbonyl (C=O) groups is 2. The van der Waals surface area contributed by atoms with Crippen molar-refractivity contribution in [1.82, 2.24) is 9.88 Å². The molecule has 3 rings (SSSR count). The minimum atomic E-state index is -0.862. The van der Waals surface area contributed by atoms with E-state index in [1.165, 1.54) is 12.0 Å². The number of ether oxygens (including phenoxy) is 3. The molecule has 0 bridgehead atoms. The highest BCUT2D eigenvalue weighted by Crippen LogP contribution is 2.34. The van der Waals surface area contributed by atoms with Crippen LogP contribution in [0.25, 0.3) is 0 Å². The summed E-state index contributed by atoms with van der Waals surface area (Å²) in [4.78, 5) is 30.8. The van der Waals surface area contributed by atoms with Crippen LogP contribution in [0, 0.1) is 6.92 Å². The molecule has 1 atom stereocenters. The summed E-state index contributed by atoms with van der Waals surface area (Å²) in [5.41, 5.74) is 2.71. The maximum Gasteiger partial charge on any atom is 0.411 e. The van der Waals surface area contributed by atoms with Crippen LogP contribution in [0.4, 0.5) is 4.79 Å². The Bertz CT molecular complexity index is 966. The van der Waals surface area contributed by atoms with Crippen molar-refractivity contribution in [1.29, 1.82) is 0 Å². The first-order valence-corrected chi connectivity index (χ1v) is 10.4. The Morgan fingerprint density at radius 1 is 1.23 bits per heavy atom. The lowest BCUT2D eigenvalue weighted by molar-refractivity contribution is -0.147. The van der Waals surface area contributed by atoms with Gasteiger partial charge >= 0.3 is 12.1 Å². The molecule has 1 amide bonds. The molecule has 8 heteroatoms. The molecule has 0 unspecified atom stereocenters. The molecular formula is C23H27ClN2O5. The van der Waals surface area contributed by atoms with Gasteiger partial charge in [0.2, 0.25) is 0 Å². The van der Waals surface area contributed by atoms with Crippen LogP contribution in [0.3, 0.4) is 0 Å². The molecule has 7 nitrogen and oxygen atoms in total. The highest BCUT2D eigenvalue weighted by Gasteiger charge is 2.39. The molecule has 1 aliphatic rings. The lowest BCUT2D eigenvalue weighted by atomic mass is 9.92. The van der Waals surface area contributed by atoms with Crippen LogP contribution >= 0.6 is 11.6 Å². The fourth-order valence-corrected chi connectivity index (χ4v) is 3.80. The number of rotatable bonds is 4. The van der Waals surface area contributed by atoms with Gasteiger partial charge in [-0.05, 0) is 75.1 Å². The number of methoxy groups -OCH3 is 1. The van der Waals surface area contributed by atoms with Crippen molar-refractivity contribution >= 4 is 23.7 Å². The number of fused-ring (bicyclic) bond motifs is 1. The smallest absolute Gasteiger partial charge is 0.411 e. The number of hydrogen-bond acceptors (Lipinski definition) is 6. The van der Waals surface area contributed by atoms with E-state index in [0.717, 1.165) is 16.8 Å². The van der Waals surface area contributed by atoms with Crippen LogP contribution in [-0.2, 0) is 27.3 Å². The average molecular weight is 447 g/mol. The molecule has 0 saturated carbocycles. The van der Waals surface area contributed by atoms with E-state index in [-0.39, 0.29) is 0 Å². The van der Waals surface area contributed by atoms with Crippen molar-refractivity contribution in [2.75, 3.05) is 13.7 Å². The molecule has 2 heterocycles. The molecule has 1 aromatic carbocycles. The zero-order valence-electron chi connectivity index (χ0n) is 18.4. The Morgan fingerprint density at radius 3 is 2.61 bits per heavy atom. The Kier molecular flexibility index (Phi) is 6.74. The van der Waals surface area contributed by atoms with Crippen molar-refractivity contribution < 1.29 is 23.8 Å². The quantitative estimate of drug-likeness (QED) is 0.503. The molecule has 2 aromatic rings. The maximum atomic E-state index is 12.7. The van der Waals surface area contributed by atoms with E-state index >= 15 is 0 Å². The third kappa shape index (κ3) is 5.67. The van der Waals surface area contributed by atoms with E-state index in [1.54, 1.807) is 39.0 Å². The number of pyridine rings is 1. The number of amides is 1. The summed E-state index contributed by atoms with van der Waals surface area (Å²) in [6, 6.07) is 8.29. The van der Waals surface area contributed by atoms with Gasteiger partial charge in [-0.15, -0.1) is 0 Å². The van der Waals surface area contributed by atoms with Gasteiger partial charge < -0.3 is 14.2 Å². The summed E-state index contributed by atoms with van der Waals surface area (Å²) in [5.74, 6) is 0.154. The maximum absolute atomic E-state index is 12.7. The Morgan fingerprint density at radius 2 is 1.97 bits per heavy atom. The second-order valence-corrected chi connectivity index (χ2v) is 8.83. The Hall–Kier alpha value is -2.80. The lowest BCUT2D eigenvalue weighted by Gasteiger charge is -2.36. The predicted molar refractivity (Wildman–Crippen MR) is 116 cm³/mol. The fraction of sp³-hybridized carbons (Fsp3) is 0.435. The first kappa shape index (κ1) is 22.9. The van der Waals surface area contributed by atoms with Gasteiger partial charge in [-0.25, -0.2) is 14.6 Å². The van der Waals surface area contributed by atoms with E-state index in [0.29, 0.717) is 36.0 Å². The molecule has 0 N–H and O–H groups in total. The number of halogens is 1. The second-order valence-electron chi connectivity index (χ2n) is 8.44. The van der Waals surface area contributed by atoms with E-state index < -0.39 is 23.7 Å². The van der Waals surface area contributed by atoms with Crippen molar-refractivity contribution in [3.63, 3.8) is 0 Å². The highest BCUT2D eigenvalue weighted by atomic mass is 35.5. The van der Waals surface area contributed by atoms with Gasteiger partial charge in [0.05, 0.1) is 7.11 Å². The summed E-state index contributed by atoms with van der Waals surface area (Å²) in [6.45, 7) is 7.92. The zero-order valence-corrected chi connectivity index (χ0v) is 19.2. The number of aryl methyl sites for hydroxylation is 1. The number of benzene rings is 1. The number of hydrogen-bond donors (Lipinski definition) is 0. The standard InChI is InChI=1S/C23H27ClN2O5/c1-14-10-15(11-19(24)25-14)13-30-17-6-7-18-16(12-17)8-9-26(20(18)21(27)29-5)22(28)31-23(2,3)4/h6-7,10-12,20H,8-9,13H2,1-5H3/t20-/m1/s1. The van der Waals surface area contributed by atoms with Crippen LogP contribution in [0.2, 0.25) is 5.15 Å². The molecule has 166 valence electrons. The summed E-state index contributed by atoms with van der Waals surface area (Å²) >= 11 is 6.01. The first-order chi connectivity index (χ1) is 14.6. The highest BCUT2D eigenvalue weighted by molar-refractivity contribution is 6.29. The summed E-state index contributed by atoms with van der Waals surface area (Å²) in [7, 11) is 1.31. The first-order valence-electron chi connectivity index (χ1n) is 10.0. The van der Waals surface area contributed by atoms with Gasteiger partial charge in [0.25, 0.3) is 0 Å². The van der Waals surface area contributed by atoms with Gasteiger partial charge in [-0.2, -0.15) is 0 Å². The molecule has 1 aliphatic heterocycles. The molecule has 0 aliphatic carbocycles. The predicted octanol–water partition coefficient (Wildman–Crippen LogP) is 4.63. The summed E-state index contributed by atoms with van der Waals surface area (Å²) in [5, 5.41) is 0.423. The van der Waals surface area contributed by atoms with Crippen LogP contribution in [0.15, 0.2) is 30.3 Å². The van der Waals surface area contributed by atoms with Crippen LogP contribution in [0.1, 0.15) is 49.2 Å². The third-order valence-electron chi connectivity index (χ3n) is 4.78. The molecular weight excluding hydrogens is 420 g/mol. The molecule has 0 fully saturated rings. The monoisotopic (exact) mass is 446 g/mol. The van der Waals surface area contributed by atoms with E-state index in [1.807, 2.05) is 19.1 Å². The average Bonchev–Trinajstić information content (AvgIpc) is 2.68. The molecule has 0 spiro atoms. The largest absolute Gasteiger partial charge is 0.489 e. The Labute approximate surface area is 187 Å². The Balaban J connectivity index is 1.81. The van der Waals surface area contributed by atoms with E-state index in [4.69, 9.17) is 25.8 Å². The van der Waals surface area contributed by atoms with Crippen molar-refractivity contribution in [3.05, 3.63) is 57.9 Å².